The van der Waals surface area contributed by atoms with Gasteiger partial charge in [0.2, 0.25) is 0 Å². The molecule has 110 valence electrons. The molecule has 0 N–H and O–H groups in total. The standard InChI is InChI=1S/C19H28O/c1-15(2)18-11-9-17(10-12-18)14-19(20)13-16-7-5-3-4-6-8-16/h9-12,15-16H,3-8,13-14H2,1-2H3. The van der Waals surface area contributed by atoms with Crippen molar-refractivity contribution in [1.82, 2.24) is 0 Å². The molecular weight excluding hydrogens is 244 g/mol. The Morgan fingerprint density at radius 3 is 2.20 bits per heavy atom. The third-order valence-electron chi connectivity index (χ3n) is 4.54. The summed E-state index contributed by atoms with van der Waals surface area (Å²) in [6, 6.07) is 8.58. The Morgan fingerprint density at radius 2 is 1.65 bits per heavy atom. The van der Waals surface area contributed by atoms with Crippen molar-refractivity contribution in [2.24, 2.45) is 5.92 Å². The number of benzene rings is 1. The first-order chi connectivity index (χ1) is 9.65. The van der Waals surface area contributed by atoms with E-state index in [0.29, 0.717) is 24.0 Å². The van der Waals surface area contributed by atoms with Crippen molar-refractivity contribution in [2.75, 3.05) is 0 Å². The van der Waals surface area contributed by atoms with Crippen LogP contribution in [0, 0.1) is 5.92 Å². The topological polar surface area (TPSA) is 17.1 Å². The summed E-state index contributed by atoms with van der Waals surface area (Å²) < 4.78 is 0. The molecular formula is C19H28O. The van der Waals surface area contributed by atoms with E-state index in [2.05, 4.69) is 38.1 Å². The van der Waals surface area contributed by atoms with E-state index in [0.717, 1.165) is 6.42 Å². The Hall–Kier alpha value is -1.11. The molecule has 1 aromatic carbocycles. The average Bonchev–Trinajstić information content (AvgIpc) is 2.68. The second-order valence-electron chi connectivity index (χ2n) is 6.67. The van der Waals surface area contributed by atoms with Gasteiger partial charge in [-0.05, 0) is 23.0 Å². The van der Waals surface area contributed by atoms with Gasteiger partial charge in [0.1, 0.15) is 5.78 Å². The van der Waals surface area contributed by atoms with Crippen LogP contribution in [0.3, 0.4) is 0 Å². The Balaban J connectivity index is 1.84. The van der Waals surface area contributed by atoms with E-state index in [1.807, 2.05) is 0 Å². The summed E-state index contributed by atoms with van der Waals surface area (Å²) in [5.74, 6) is 1.64. The smallest absolute Gasteiger partial charge is 0.137 e. The molecule has 0 atom stereocenters. The highest BCUT2D eigenvalue weighted by Gasteiger charge is 2.16. The minimum absolute atomic E-state index is 0.425. The molecule has 0 aromatic heterocycles. The Morgan fingerprint density at radius 1 is 1.05 bits per heavy atom. The first-order valence-electron chi connectivity index (χ1n) is 8.25. The molecule has 0 bridgehead atoms. The van der Waals surface area contributed by atoms with Crippen LogP contribution >= 0.6 is 0 Å². The van der Waals surface area contributed by atoms with Crippen molar-refractivity contribution in [2.45, 2.75) is 71.1 Å². The van der Waals surface area contributed by atoms with Crippen LogP contribution in [0.25, 0.3) is 0 Å². The summed E-state index contributed by atoms with van der Waals surface area (Å²) in [5.41, 5.74) is 2.53. The summed E-state index contributed by atoms with van der Waals surface area (Å²) in [7, 11) is 0. The number of carbonyl (C=O) groups is 1. The maximum Gasteiger partial charge on any atom is 0.137 e. The SMILES string of the molecule is CC(C)c1ccc(CC(=O)CC2CCCCCC2)cc1. The molecule has 1 nitrogen and oxygen atoms in total. The monoisotopic (exact) mass is 272 g/mol. The number of ketones is 1. The van der Waals surface area contributed by atoms with E-state index in [4.69, 9.17) is 0 Å². The molecule has 2 rings (SSSR count). The molecule has 0 radical (unpaired) electrons. The number of Topliss-reactive ketones (excluding diaryl/α,β-unsaturated/α-hetero) is 1. The fourth-order valence-corrected chi connectivity index (χ4v) is 3.21. The van der Waals surface area contributed by atoms with Crippen molar-refractivity contribution in [3.8, 4) is 0 Å². The van der Waals surface area contributed by atoms with Crippen LogP contribution in [0.2, 0.25) is 0 Å². The van der Waals surface area contributed by atoms with Crippen LogP contribution in [-0.4, -0.2) is 5.78 Å². The van der Waals surface area contributed by atoms with Gasteiger partial charge in [-0.25, -0.2) is 0 Å². The summed E-state index contributed by atoms with van der Waals surface area (Å²) in [6.07, 6.45) is 9.31. The largest absolute Gasteiger partial charge is 0.299 e. The molecule has 1 fully saturated rings. The predicted molar refractivity (Wildman–Crippen MR) is 85.1 cm³/mol. The van der Waals surface area contributed by atoms with Crippen molar-refractivity contribution in [3.05, 3.63) is 35.4 Å². The Kier molecular flexibility index (Phi) is 5.82. The molecule has 0 saturated heterocycles. The summed E-state index contributed by atoms with van der Waals surface area (Å²) in [4.78, 5) is 12.2. The Labute approximate surface area is 123 Å². The number of hydrogen-bond acceptors (Lipinski definition) is 1. The first-order valence-corrected chi connectivity index (χ1v) is 8.25. The lowest BCUT2D eigenvalue weighted by Crippen LogP contribution is -2.10. The molecule has 1 aliphatic carbocycles. The van der Waals surface area contributed by atoms with Crippen molar-refractivity contribution >= 4 is 5.78 Å². The summed E-state index contributed by atoms with van der Waals surface area (Å²) >= 11 is 0. The molecule has 0 heterocycles. The highest BCUT2D eigenvalue weighted by molar-refractivity contribution is 5.81. The predicted octanol–water partition coefficient (Wildman–Crippen LogP) is 5.28. The second kappa shape index (κ2) is 7.61. The van der Waals surface area contributed by atoms with Crippen LogP contribution in [0.5, 0.6) is 0 Å². The van der Waals surface area contributed by atoms with Crippen LogP contribution in [0.1, 0.15) is 75.8 Å². The molecule has 1 aliphatic rings. The van der Waals surface area contributed by atoms with Gasteiger partial charge in [0.05, 0.1) is 0 Å². The summed E-state index contributed by atoms with van der Waals surface area (Å²) in [6.45, 7) is 4.40. The van der Waals surface area contributed by atoms with Gasteiger partial charge in [0, 0.05) is 12.8 Å². The zero-order valence-electron chi connectivity index (χ0n) is 13.0. The highest BCUT2D eigenvalue weighted by atomic mass is 16.1. The van der Waals surface area contributed by atoms with E-state index in [-0.39, 0.29) is 0 Å². The van der Waals surface area contributed by atoms with Gasteiger partial charge >= 0.3 is 0 Å². The zero-order valence-corrected chi connectivity index (χ0v) is 13.0. The average molecular weight is 272 g/mol. The van der Waals surface area contributed by atoms with E-state index in [1.165, 1.54) is 49.7 Å². The van der Waals surface area contributed by atoms with Gasteiger partial charge in [-0.15, -0.1) is 0 Å². The van der Waals surface area contributed by atoms with Gasteiger partial charge in [-0.2, -0.15) is 0 Å². The highest BCUT2D eigenvalue weighted by Crippen LogP contribution is 2.26. The second-order valence-corrected chi connectivity index (χ2v) is 6.67. The van der Waals surface area contributed by atoms with Crippen molar-refractivity contribution < 1.29 is 4.79 Å². The van der Waals surface area contributed by atoms with Gasteiger partial charge < -0.3 is 0 Å². The first kappa shape index (κ1) is 15.3. The fourth-order valence-electron chi connectivity index (χ4n) is 3.21. The normalized spacial score (nSPS) is 17.1. The molecule has 1 aromatic rings. The van der Waals surface area contributed by atoms with Gasteiger partial charge in [-0.3, -0.25) is 4.79 Å². The lowest BCUT2D eigenvalue weighted by molar-refractivity contribution is -0.119. The molecule has 0 aliphatic heterocycles. The van der Waals surface area contributed by atoms with Crippen LogP contribution in [0.4, 0.5) is 0 Å². The molecule has 0 unspecified atom stereocenters. The Bertz CT molecular complexity index is 408. The van der Waals surface area contributed by atoms with Gasteiger partial charge in [0.15, 0.2) is 0 Å². The minimum Gasteiger partial charge on any atom is -0.299 e. The van der Waals surface area contributed by atoms with Crippen LogP contribution < -0.4 is 0 Å². The van der Waals surface area contributed by atoms with Crippen molar-refractivity contribution in [1.29, 1.82) is 0 Å². The van der Waals surface area contributed by atoms with E-state index >= 15 is 0 Å². The fraction of sp³-hybridized carbons (Fsp3) is 0.632. The van der Waals surface area contributed by atoms with Gasteiger partial charge in [-0.1, -0.05) is 76.6 Å². The lowest BCUT2D eigenvalue weighted by Gasteiger charge is -2.13. The minimum atomic E-state index is 0.425. The molecule has 20 heavy (non-hydrogen) atoms. The van der Waals surface area contributed by atoms with Crippen LogP contribution in [0.15, 0.2) is 24.3 Å². The molecule has 0 spiro atoms. The molecule has 1 saturated carbocycles. The lowest BCUT2D eigenvalue weighted by atomic mass is 9.92. The summed E-state index contributed by atoms with van der Waals surface area (Å²) in [5, 5.41) is 0. The number of hydrogen-bond donors (Lipinski definition) is 0. The molecule has 1 heteroatoms. The third-order valence-corrected chi connectivity index (χ3v) is 4.54. The maximum absolute atomic E-state index is 12.2. The molecule has 0 amide bonds. The van der Waals surface area contributed by atoms with E-state index in [1.54, 1.807) is 0 Å². The van der Waals surface area contributed by atoms with Crippen LogP contribution in [-0.2, 0) is 11.2 Å². The van der Waals surface area contributed by atoms with E-state index < -0.39 is 0 Å². The quantitative estimate of drug-likeness (QED) is 0.666. The van der Waals surface area contributed by atoms with E-state index in [9.17, 15) is 4.79 Å². The zero-order chi connectivity index (χ0) is 14.4. The van der Waals surface area contributed by atoms with Crippen molar-refractivity contribution in [3.63, 3.8) is 0 Å². The third kappa shape index (κ3) is 4.77. The maximum atomic E-state index is 12.2. The van der Waals surface area contributed by atoms with Gasteiger partial charge in [0.25, 0.3) is 0 Å². The number of carbonyl (C=O) groups excluding carboxylic acids is 1. The number of rotatable bonds is 5.